The second kappa shape index (κ2) is 11.4. The lowest BCUT2D eigenvalue weighted by atomic mass is 9.83. The Hall–Kier alpha value is -5.48. The van der Waals surface area contributed by atoms with Crippen LogP contribution < -0.4 is 15.1 Å². The van der Waals surface area contributed by atoms with Crippen molar-refractivity contribution in [3.05, 3.63) is 156 Å². The number of benzene rings is 6. The third kappa shape index (κ3) is 4.67. The summed E-state index contributed by atoms with van der Waals surface area (Å²) in [6, 6.07) is 51.1. The van der Waals surface area contributed by atoms with E-state index in [2.05, 4.69) is 166 Å². The summed E-state index contributed by atoms with van der Waals surface area (Å²) in [6.07, 6.45) is 3.51. The Morgan fingerprint density at radius 1 is 0.660 bits per heavy atom. The normalized spacial score (nSPS) is 15.7. The van der Waals surface area contributed by atoms with Gasteiger partial charge >= 0.3 is 0 Å². The summed E-state index contributed by atoms with van der Waals surface area (Å²) in [5, 5.41) is 6.29. The van der Waals surface area contributed by atoms with Crippen LogP contribution in [0.15, 0.2) is 140 Å². The molecule has 1 unspecified atom stereocenters. The van der Waals surface area contributed by atoms with Crippen molar-refractivity contribution in [3.63, 3.8) is 0 Å². The van der Waals surface area contributed by atoms with E-state index >= 15 is 0 Å². The molecule has 4 heteroatoms. The fourth-order valence-corrected chi connectivity index (χ4v) is 8.06. The first-order valence-electron chi connectivity index (χ1n) is 16.9. The number of hydrogen-bond donors (Lipinski definition) is 1. The van der Waals surface area contributed by atoms with Crippen molar-refractivity contribution in [3.8, 4) is 5.69 Å². The number of fused-ring (bicyclic) bond motifs is 6. The minimum Gasteiger partial charge on any atom is -0.383 e. The van der Waals surface area contributed by atoms with Crippen LogP contribution in [0.1, 0.15) is 35.4 Å². The van der Waals surface area contributed by atoms with Gasteiger partial charge in [0, 0.05) is 59.6 Å². The van der Waals surface area contributed by atoms with E-state index in [9.17, 15) is 0 Å². The van der Waals surface area contributed by atoms with Crippen molar-refractivity contribution >= 4 is 50.2 Å². The number of aryl methyl sites for hydroxylation is 1. The van der Waals surface area contributed by atoms with Crippen molar-refractivity contribution in [2.45, 2.75) is 25.2 Å². The van der Waals surface area contributed by atoms with Gasteiger partial charge in [-0.2, -0.15) is 0 Å². The van der Waals surface area contributed by atoms with Crippen LogP contribution in [0.25, 0.3) is 27.5 Å². The Kier molecular flexibility index (Phi) is 6.74. The van der Waals surface area contributed by atoms with Crippen molar-refractivity contribution in [1.82, 2.24) is 4.57 Å². The fraction of sp³-hybridized carbons (Fsp3) is 0.163. The fourth-order valence-electron chi connectivity index (χ4n) is 8.06. The first kappa shape index (κ1) is 27.8. The number of para-hydroxylation sites is 3. The number of rotatable bonds is 5. The Morgan fingerprint density at radius 3 is 2.13 bits per heavy atom. The molecule has 0 aliphatic carbocycles. The minimum atomic E-state index is 0.392. The molecule has 1 atom stereocenters. The first-order valence-corrected chi connectivity index (χ1v) is 16.9. The molecule has 4 nitrogen and oxygen atoms in total. The Balaban J connectivity index is 1.13. The van der Waals surface area contributed by atoms with Crippen molar-refractivity contribution in [2.24, 2.45) is 0 Å². The maximum Gasteiger partial charge on any atom is 0.0635 e. The molecular weight excluding hydrogens is 573 g/mol. The molecule has 6 aromatic carbocycles. The smallest absolute Gasteiger partial charge is 0.0635 e. The lowest BCUT2D eigenvalue weighted by molar-refractivity contribution is 0.704. The molecule has 0 saturated carbocycles. The highest BCUT2D eigenvalue weighted by molar-refractivity contribution is 6.10. The number of anilines is 5. The summed E-state index contributed by atoms with van der Waals surface area (Å²) in [5.41, 5.74) is 14.1. The Morgan fingerprint density at radius 2 is 1.36 bits per heavy atom. The van der Waals surface area contributed by atoms with E-state index in [1.54, 1.807) is 0 Å². The van der Waals surface area contributed by atoms with Gasteiger partial charge in [0.2, 0.25) is 0 Å². The lowest BCUT2D eigenvalue weighted by Crippen LogP contribution is -2.28. The monoisotopic (exact) mass is 610 g/mol. The molecule has 47 heavy (non-hydrogen) atoms. The van der Waals surface area contributed by atoms with Crippen LogP contribution in [0, 0.1) is 0 Å². The SMILES string of the molecule is CN1CCCc2ccc3c(c21)NCCC3c1ccc(-n2c3ccccc3c3cc(N(c4ccccc4)c4ccccc4)ccc32)cc1. The third-order valence-corrected chi connectivity index (χ3v) is 10.2. The van der Waals surface area contributed by atoms with Gasteiger partial charge in [0.25, 0.3) is 0 Å². The largest absolute Gasteiger partial charge is 0.383 e. The molecule has 0 radical (unpaired) electrons. The van der Waals surface area contributed by atoms with Gasteiger partial charge in [-0.25, -0.2) is 0 Å². The molecule has 0 spiro atoms. The van der Waals surface area contributed by atoms with E-state index in [4.69, 9.17) is 0 Å². The van der Waals surface area contributed by atoms with Crippen LogP contribution >= 0.6 is 0 Å². The molecular formula is C43H38N4. The van der Waals surface area contributed by atoms with E-state index in [-0.39, 0.29) is 0 Å². The minimum absolute atomic E-state index is 0.392. The lowest BCUT2D eigenvalue weighted by Gasteiger charge is -2.35. The zero-order chi connectivity index (χ0) is 31.3. The predicted octanol–water partition coefficient (Wildman–Crippen LogP) is 10.6. The molecule has 7 aromatic rings. The molecule has 0 bridgehead atoms. The Bertz CT molecular complexity index is 2180. The second-order valence-corrected chi connectivity index (χ2v) is 13.0. The molecule has 0 amide bonds. The second-order valence-electron chi connectivity index (χ2n) is 13.0. The molecule has 9 rings (SSSR count). The van der Waals surface area contributed by atoms with Gasteiger partial charge in [-0.15, -0.1) is 0 Å². The van der Waals surface area contributed by atoms with Crippen molar-refractivity contribution in [1.29, 1.82) is 0 Å². The molecule has 0 saturated heterocycles. The van der Waals surface area contributed by atoms with Crippen molar-refractivity contribution < 1.29 is 0 Å². The first-order chi connectivity index (χ1) is 23.2. The van der Waals surface area contributed by atoms with E-state index in [1.165, 1.54) is 68.4 Å². The van der Waals surface area contributed by atoms with E-state index < -0.39 is 0 Å². The summed E-state index contributed by atoms with van der Waals surface area (Å²) in [6.45, 7) is 2.13. The maximum absolute atomic E-state index is 3.78. The van der Waals surface area contributed by atoms with Crippen LogP contribution in [0.3, 0.4) is 0 Å². The van der Waals surface area contributed by atoms with Gasteiger partial charge in [0.05, 0.1) is 22.4 Å². The predicted molar refractivity (Wildman–Crippen MR) is 198 cm³/mol. The highest BCUT2D eigenvalue weighted by Gasteiger charge is 2.28. The van der Waals surface area contributed by atoms with Crippen molar-refractivity contribution in [2.75, 3.05) is 35.3 Å². The molecule has 230 valence electrons. The number of hydrogen-bond acceptors (Lipinski definition) is 3. The van der Waals surface area contributed by atoms with E-state index in [0.717, 1.165) is 36.6 Å². The maximum atomic E-state index is 3.78. The van der Waals surface area contributed by atoms with Gasteiger partial charge in [-0.1, -0.05) is 78.9 Å². The molecule has 0 fully saturated rings. The highest BCUT2D eigenvalue weighted by Crippen LogP contribution is 2.45. The van der Waals surface area contributed by atoms with E-state index in [0.29, 0.717) is 5.92 Å². The summed E-state index contributed by atoms with van der Waals surface area (Å²) < 4.78 is 2.43. The molecule has 2 aliphatic heterocycles. The van der Waals surface area contributed by atoms with Crippen LogP contribution in [0.4, 0.5) is 28.4 Å². The summed E-state index contributed by atoms with van der Waals surface area (Å²) in [5.74, 6) is 0.392. The van der Waals surface area contributed by atoms with Gasteiger partial charge in [-0.3, -0.25) is 0 Å². The van der Waals surface area contributed by atoms with Gasteiger partial charge in [0.1, 0.15) is 0 Å². The number of aromatic nitrogens is 1. The summed E-state index contributed by atoms with van der Waals surface area (Å²) in [4.78, 5) is 4.79. The zero-order valence-electron chi connectivity index (χ0n) is 26.7. The van der Waals surface area contributed by atoms with Crippen LogP contribution in [-0.4, -0.2) is 24.7 Å². The average Bonchev–Trinajstić information content (AvgIpc) is 3.46. The number of nitrogens with zero attached hydrogens (tertiary/aromatic N) is 3. The van der Waals surface area contributed by atoms with Crippen LogP contribution in [0.5, 0.6) is 0 Å². The van der Waals surface area contributed by atoms with Crippen LogP contribution in [0.2, 0.25) is 0 Å². The number of nitrogens with one attached hydrogen (secondary N) is 1. The standard InChI is InChI=1S/C43H38N4/c1-45-28-10-11-31-20-24-38-36(26-27-44-42(38)43(31)45)30-18-21-34(22-19-30)47-40-17-9-8-16-37(40)39-29-35(23-25-41(39)47)46(32-12-4-2-5-13-32)33-14-6-3-7-15-33/h2-9,12-25,29,36,44H,10-11,26-28H2,1H3. The van der Waals surface area contributed by atoms with Gasteiger partial charge in [-0.05, 0) is 96.6 Å². The quantitative estimate of drug-likeness (QED) is 0.210. The zero-order valence-corrected chi connectivity index (χ0v) is 26.7. The average molecular weight is 611 g/mol. The molecule has 1 aromatic heterocycles. The van der Waals surface area contributed by atoms with Crippen LogP contribution in [-0.2, 0) is 6.42 Å². The molecule has 3 heterocycles. The molecule has 1 N–H and O–H groups in total. The summed E-state index contributed by atoms with van der Waals surface area (Å²) >= 11 is 0. The topological polar surface area (TPSA) is 23.4 Å². The van der Waals surface area contributed by atoms with Gasteiger partial charge in [0.15, 0.2) is 0 Å². The van der Waals surface area contributed by atoms with Gasteiger partial charge < -0.3 is 19.7 Å². The molecule has 2 aliphatic rings. The van der Waals surface area contributed by atoms with E-state index in [1.807, 2.05) is 0 Å². The summed E-state index contributed by atoms with van der Waals surface area (Å²) in [7, 11) is 2.24. The third-order valence-electron chi connectivity index (χ3n) is 10.2. The Labute approximate surface area is 276 Å². The highest BCUT2D eigenvalue weighted by atomic mass is 15.1.